The van der Waals surface area contributed by atoms with E-state index in [-0.39, 0.29) is 18.5 Å². The molecule has 76 valence electrons. The molecule has 2 N–H and O–H groups in total. The van der Waals surface area contributed by atoms with Crippen molar-refractivity contribution in [3.8, 4) is 0 Å². The van der Waals surface area contributed by atoms with Crippen LogP contribution in [0.4, 0.5) is 0 Å². The molecule has 1 fully saturated rings. The number of methoxy groups -OCH3 is 1. The normalized spacial score (nSPS) is 27.5. The Morgan fingerprint density at radius 2 is 2.38 bits per heavy atom. The van der Waals surface area contributed by atoms with E-state index in [0.717, 1.165) is 19.3 Å². The van der Waals surface area contributed by atoms with Gasteiger partial charge in [0.25, 0.3) is 0 Å². The molecule has 4 nitrogen and oxygen atoms in total. The minimum Gasteiger partial charge on any atom is -0.469 e. The van der Waals surface area contributed by atoms with E-state index in [1.54, 1.807) is 0 Å². The van der Waals surface area contributed by atoms with Crippen LogP contribution >= 0.6 is 0 Å². The number of esters is 1. The summed E-state index contributed by atoms with van der Waals surface area (Å²) < 4.78 is 4.67. The van der Waals surface area contributed by atoms with Gasteiger partial charge < -0.3 is 15.2 Å². The SMILES string of the molecule is COC(=O)C1CCC(NCCO)C1. The zero-order valence-electron chi connectivity index (χ0n) is 7.95. The van der Waals surface area contributed by atoms with Gasteiger partial charge in [-0.1, -0.05) is 0 Å². The number of nitrogens with one attached hydrogen (secondary N) is 1. The monoisotopic (exact) mass is 187 g/mol. The van der Waals surface area contributed by atoms with Gasteiger partial charge in [-0.2, -0.15) is 0 Å². The van der Waals surface area contributed by atoms with Crippen molar-refractivity contribution in [2.24, 2.45) is 5.92 Å². The molecule has 0 spiro atoms. The van der Waals surface area contributed by atoms with E-state index in [2.05, 4.69) is 10.1 Å². The van der Waals surface area contributed by atoms with Crippen LogP contribution in [0.1, 0.15) is 19.3 Å². The third-order valence-electron chi connectivity index (χ3n) is 2.51. The van der Waals surface area contributed by atoms with Crippen LogP contribution in [0.25, 0.3) is 0 Å². The number of aliphatic hydroxyl groups is 1. The number of rotatable bonds is 4. The molecule has 0 saturated heterocycles. The summed E-state index contributed by atoms with van der Waals surface area (Å²) in [5.74, 6) is -0.0468. The Morgan fingerprint density at radius 3 is 3.00 bits per heavy atom. The molecule has 0 amide bonds. The summed E-state index contributed by atoms with van der Waals surface area (Å²) in [6.07, 6.45) is 2.74. The van der Waals surface area contributed by atoms with Crippen LogP contribution in [0.2, 0.25) is 0 Å². The first-order valence-corrected chi connectivity index (χ1v) is 4.70. The highest BCUT2D eigenvalue weighted by atomic mass is 16.5. The highest BCUT2D eigenvalue weighted by Crippen LogP contribution is 2.26. The lowest BCUT2D eigenvalue weighted by atomic mass is 10.1. The summed E-state index contributed by atoms with van der Waals surface area (Å²) in [7, 11) is 1.43. The van der Waals surface area contributed by atoms with E-state index in [0.29, 0.717) is 12.6 Å². The topological polar surface area (TPSA) is 58.6 Å². The van der Waals surface area contributed by atoms with Crippen LogP contribution in [0.15, 0.2) is 0 Å². The van der Waals surface area contributed by atoms with E-state index in [1.807, 2.05) is 0 Å². The first-order valence-electron chi connectivity index (χ1n) is 4.70. The summed E-state index contributed by atoms with van der Waals surface area (Å²) in [5, 5.41) is 11.8. The second-order valence-electron chi connectivity index (χ2n) is 3.41. The van der Waals surface area contributed by atoms with E-state index >= 15 is 0 Å². The van der Waals surface area contributed by atoms with Crippen molar-refractivity contribution in [2.45, 2.75) is 25.3 Å². The van der Waals surface area contributed by atoms with Gasteiger partial charge in [-0.3, -0.25) is 4.79 Å². The summed E-state index contributed by atoms with van der Waals surface area (Å²) in [6, 6.07) is 0.372. The van der Waals surface area contributed by atoms with Gasteiger partial charge in [-0.15, -0.1) is 0 Å². The Labute approximate surface area is 78.3 Å². The highest BCUT2D eigenvalue weighted by Gasteiger charge is 2.29. The van der Waals surface area contributed by atoms with Crippen molar-refractivity contribution in [3.05, 3.63) is 0 Å². The van der Waals surface area contributed by atoms with Crippen molar-refractivity contribution >= 4 is 5.97 Å². The molecule has 4 heteroatoms. The van der Waals surface area contributed by atoms with Gasteiger partial charge in [0.1, 0.15) is 0 Å². The molecule has 0 aliphatic heterocycles. The average Bonchev–Trinajstić information content (AvgIpc) is 2.62. The molecular formula is C9H17NO3. The van der Waals surface area contributed by atoms with Gasteiger partial charge in [-0.25, -0.2) is 0 Å². The van der Waals surface area contributed by atoms with Crippen LogP contribution in [-0.2, 0) is 9.53 Å². The molecule has 1 aliphatic carbocycles. The lowest BCUT2D eigenvalue weighted by molar-refractivity contribution is -0.145. The minimum absolute atomic E-state index is 0.0567. The smallest absolute Gasteiger partial charge is 0.308 e. The summed E-state index contributed by atoms with van der Waals surface area (Å²) >= 11 is 0. The maximum absolute atomic E-state index is 11.1. The Hall–Kier alpha value is -0.610. The minimum atomic E-state index is -0.103. The van der Waals surface area contributed by atoms with Crippen LogP contribution in [0.5, 0.6) is 0 Å². The number of hydrogen-bond donors (Lipinski definition) is 2. The van der Waals surface area contributed by atoms with Gasteiger partial charge in [0.2, 0.25) is 0 Å². The van der Waals surface area contributed by atoms with Gasteiger partial charge >= 0.3 is 5.97 Å². The van der Waals surface area contributed by atoms with Crippen molar-refractivity contribution < 1.29 is 14.6 Å². The van der Waals surface area contributed by atoms with E-state index in [1.165, 1.54) is 7.11 Å². The predicted octanol–water partition coefficient (Wildman–Crippen LogP) is -0.0900. The van der Waals surface area contributed by atoms with Crippen LogP contribution in [0.3, 0.4) is 0 Å². The van der Waals surface area contributed by atoms with Gasteiger partial charge in [0.15, 0.2) is 0 Å². The second-order valence-corrected chi connectivity index (χ2v) is 3.41. The maximum Gasteiger partial charge on any atom is 0.308 e. The van der Waals surface area contributed by atoms with Gasteiger partial charge in [0.05, 0.1) is 19.6 Å². The molecule has 2 unspecified atom stereocenters. The number of carbonyl (C=O) groups is 1. The quantitative estimate of drug-likeness (QED) is 0.604. The van der Waals surface area contributed by atoms with Gasteiger partial charge in [-0.05, 0) is 19.3 Å². The molecule has 1 aliphatic rings. The first kappa shape index (κ1) is 10.5. The first-order chi connectivity index (χ1) is 6.27. The Kier molecular flexibility index (Phi) is 4.18. The average molecular weight is 187 g/mol. The molecule has 13 heavy (non-hydrogen) atoms. The number of aliphatic hydroxyl groups excluding tert-OH is 1. The van der Waals surface area contributed by atoms with Crippen LogP contribution < -0.4 is 5.32 Å². The fourth-order valence-electron chi connectivity index (χ4n) is 1.82. The van der Waals surface area contributed by atoms with Crippen LogP contribution in [-0.4, -0.2) is 37.4 Å². The van der Waals surface area contributed by atoms with Crippen molar-refractivity contribution in [1.82, 2.24) is 5.32 Å². The standard InChI is InChI=1S/C9H17NO3/c1-13-9(12)7-2-3-8(6-7)10-4-5-11/h7-8,10-11H,2-6H2,1H3. The number of ether oxygens (including phenoxy) is 1. The number of hydrogen-bond acceptors (Lipinski definition) is 4. The molecule has 1 saturated carbocycles. The van der Waals surface area contributed by atoms with E-state index in [4.69, 9.17) is 5.11 Å². The molecule has 0 aromatic rings. The third kappa shape index (κ3) is 2.97. The van der Waals surface area contributed by atoms with E-state index in [9.17, 15) is 4.79 Å². The zero-order chi connectivity index (χ0) is 9.68. The summed E-state index contributed by atoms with van der Waals surface area (Å²) in [4.78, 5) is 11.1. The molecule has 0 bridgehead atoms. The maximum atomic E-state index is 11.1. The zero-order valence-corrected chi connectivity index (χ0v) is 7.95. The lowest BCUT2D eigenvalue weighted by Gasteiger charge is -2.10. The molecule has 2 atom stereocenters. The van der Waals surface area contributed by atoms with Crippen molar-refractivity contribution in [1.29, 1.82) is 0 Å². The molecule has 1 rings (SSSR count). The fourth-order valence-corrected chi connectivity index (χ4v) is 1.82. The Morgan fingerprint density at radius 1 is 1.62 bits per heavy atom. The van der Waals surface area contributed by atoms with Crippen molar-refractivity contribution in [3.63, 3.8) is 0 Å². The molecular weight excluding hydrogens is 170 g/mol. The lowest BCUT2D eigenvalue weighted by Crippen LogP contribution is -2.29. The van der Waals surface area contributed by atoms with E-state index < -0.39 is 0 Å². The highest BCUT2D eigenvalue weighted by molar-refractivity contribution is 5.72. The summed E-state index contributed by atoms with van der Waals surface area (Å²) in [5.41, 5.74) is 0. The van der Waals surface area contributed by atoms with Gasteiger partial charge in [0, 0.05) is 12.6 Å². The fraction of sp³-hybridized carbons (Fsp3) is 0.889. The molecule has 0 heterocycles. The third-order valence-corrected chi connectivity index (χ3v) is 2.51. The molecule has 0 aromatic carbocycles. The Bertz CT molecular complexity index is 172. The Balaban J connectivity index is 2.23. The largest absolute Gasteiger partial charge is 0.469 e. The van der Waals surface area contributed by atoms with Crippen LogP contribution in [0, 0.1) is 5.92 Å². The summed E-state index contributed by atoms with van der Waals surface area (Å²) in [6.45, 7) is 0.762. The molecule has 0 radical (unpaired) electrons. The number of carbonyl (C=O) groups excluding carboxylic acids is 1. The second kappa shape index (κ2) is 5.19. The van der Waals surface area contributed by atoms with Crippen molar-refractivity contribution in [2.75, 3.05) is 20.3 Å². The molecule has 0 aromatic heterocycles. The predicted molar refractivity (Wildman–Crippen MR) is 48.2 cm³/mol.